The Morgan fingerprint density at radius 1 is 1.05 bits per heavy atom. The first-order valence-corrected chi connectivity index (χ1v) is 6.80. The van der Waals surface area contributed by atoms with Crippen LogP contribution in [0, 0.1) is 0 Å². The predicted molar refractivity (Wildman–Crippen MR) is 84.3 cm³/mol. The Bertz CT molecular complexity index is 621. The van der Waals surface area contributed by atoms with Gasteiger partial charge in [0.1, 0.15) is 5.75 Å². The van der Waals surface area contributed by atoms with Crippen molar-refractivity contribution < 1.29 is 5.11 Å². The molecule has 1 N–H and O–H groups in total. The Balaban J connectivity index is 2.45. The lowest BCUT2D eigenvalue weighted by atomic mass is 10.0. The van der Waals surface area contributed by atoms with Gasteiger partial charge in [-0.15, -0.1) is 0 Å². The Hall–Kier alpha value is -2.02. The molecule has 1 heteroatoms. The monoisotopic (exact) mass is 252 g/mol. The molecule has 0 radical (unpaired) electrons. The summed E-state index contributed by atoms with van der Waals surface area (Å²) in [5.74, 6) is 0.342. The van der Waals surface area contributed by atoms with Gasteiger partial charge in [-0.05, 0) is 48.1 Å². The molecule has 0 amide bonds. The lowest BCUT2D eigenvalue weighted by Gasteiger charge is -2.05. The Morgan fingerprint density at radius 3 is 2.58 bits per heavy atom. The summed E-state index contributed by atoms with van der Waals surface area (Å²) in [5, 5.41) is 12.0. The van der Waals surface area contributed by atoms with Gasteiger partial charge in [0, 0.05) is 5.39 Å². The molecule has 0 bridgehead atoms. The van der Waals surface area contributed by atoms with Gasteiger partial charge in [-0.3, -0.25) is 0 Å². The lowest BCUT2D eigenvalue weighted by molar-refractivity contribution is 0.481. The van der Waals surface area contributed by atoms with Gasteiger partial charge in [0.05, 0.1) is 0 Å². The van der Waals surface area contributed by atoms with Crippen LogP contribution in [0.25, 0.3) is 22.9 Å². The minimum absolute atomic E-state index is 0.342. The van der Waals surface area contributed by atoms with Crippen LogP contribution in [0.3, 0.4) is 0 Å². The maximum atomic E-state index is 10.0. The third kappa shape index (κ3) is 3.25. The van der Waals surface area contributed by atoms with Crippen molar-refractivity contribution in [2.75, 3.05) is 0 Å². The van der Waals surface area contributed by atoms with Crippen LogP contribution in [0.1, 0.15) is 37.8 Å². The molecular weight excluding hydrogens is 232 g/mol. The molecule has 98 valence electrons. The molecule has 19 heavy (non-hydrogen) atoms. The molecule has 0 fully saturated rings. The number of aromatic hydroxyl groups is 1. The minimum atomic E-state index is 0.342. The molecule has 2 rings (SSSR count). The van der Waals surface area contributed by atoms with E-state index in [0.29, 0.717) is 5.75 Å². The van der Waals surface area contributed by atoms with E-state index in [4.69, 9.17) is 0 Å². The first-order valence-electron chi connectivity index (χ1n) is 6.80. The molecule has 0 aliphatic carbocycles. The Morgan fingerprint density at radius 2 is 1.84 bits per heavy atom. The maximum absolute atomic E-state index is 10.0. The number of benzene rings is 2. The van der Waals surface area contributed by atoms with Gasteiger partial charge in [0.2, 0.25) is 0 Å². The number of phenolic OH excluding ortho intramolecular Hbond substituents is 1. The average Bonchev–Trinajstić information content (AvgIpc) is 2.39. The number of hydrogen-bond acceptors (Lipinski definition) is 1. The van der Waals surface area contributed by atoms with Crippen molar-refractivity contribution in [2.24, 2.45) is 0 Å². The standard InChI is InChI=1S/C18H20O/c1-3-5-6-8-14-9-10-17-16(11-14)12-15(7-4-2)13-18(17)19/h4,6-13,19H,3,5H2,1-2H3. The van der Waals surface area contributed by atoms with E-state index in [2.05, 4.69) is 31.2 Å². The fraction of sp³-hybridized carbons (Fsp3) is 0.222. The van der Waals surface area contributed by atoms with Crippen LogP contribution in [0.5, 0.6) is 5.75 Å². The van der Waals surface area contributed by atoms with E-state index in [-0.39, 0.29) is 0 Å². The zero-order chi connectivity index (χ0) is 13.7. The van der Waals surface area contributed by atoms with Crippen molar-refractivity contribution in [1.82, 2.24) is 0 Å². The van der Waals surface area contributed by atoms with Gasteiger partial charge in [-0.25, -0.2) is 0 Å². The van der Waals surface area contributed by atoms with E-state index < -0.39 is 0 Å². The molecule has 0 saturated heterocycles. The number of allylic oxidation sites excluding steroid dienone is 2. The minimum Gasteiger partial charge on any atom is -0.507 e. The highest BCUT2D eigenvalue weighted by Gasteiger charge is 2.02. The fourth-order valence-corrected chi connectivity index (χ4v) is 2.17. The molecule has 2 aromatic rings. The number of rotatable bonds is 4. The smallest absolute Gasteiger partial charge is 0.123 e. The SMILES string of the molecule is CC=Cc1cc(O)c2ccc(C=CCCC)cc2c1. The fourth-order valence-electron chi connectivity index (χ4n) is 2.17. The zero-order valence-corrected chi connectivity index (χ0v) is 11.6. The molecule has 0 unspecified atom stereocenters. The van der Waals surface area contributed by atoms with Crippen LogP contribution < -0.4 is 0 Å². The summed E-state index contributed by atoms with van der Waals surface area (Å²) < 4.78 is 0. The molecule has 0 aromatic heterocycles. The molecule has 1 nitrogen and oxygen atoms in total. The number of fused-ring (bicyclic) bond motifs is 1. The van der Waals surface area contributed by atoms with Crippen molar-refractivity contribution in [1.29, 1.82) is 0 Å². The highest BCUT2D eigenvalue weighted by molar-refractivity contribution is 5.91. The highest BCUT2D eigenvalue weighted by Crippen LogP contribution is 2.28. The van der Waals surface area contributed by atoms with Gasteiger partial charge in [0.25, 0.3) is 0 Å². The molecule has 0 atom stereocenters. The third-order valence-electron chi connectivity index (χ3n) is 3.10. The summed E-state index contributed by atoms with van der Waals surface area (Å²) in [4.78, 5) is 0. The van der Waals surface area contributed by atoms with Gasteiger partial charge >= 0.3 is 0 Å². The number of phenols is 1. The van der Waals surface area contributed by atoms with Crippen molar-refractivity contribution in [3.05, 3.63) is 53.6 Å². The maximum Gasteiger partial charge on any atom is 0.123 e. The van der Waals surface area contributed by atoms with Crippen LogP contribution >= 0.6 is 0 Å². The second-order valence-electron chi connectivity index (χ2n) is 4.71. The summed E-state index contributed by atoms with van der Waals surface area (Å²) in [6.07, 6.45) is 10.6. The highest BCUT2D eigenvalue weighted by atomic mass is 16.3. The van der Waals surface area contributed by atoms with Crippen LogP contribution in [0.4, 0.5) is 0 Å². The third-order valence-corrected chi connectivity index (χ3v) is 3.10. The number of unbranched alkanes of at least 4 members (excludes halogenated alkanes) is 1. The van der Waals surface area contributed by atoms with Gasteiger partial charge in [-0.1, -0.05) is 49.8 Å². The van der Waals surface area contributed by atoms with Crippen molar-refractivity contribution in [3.63, 3.8) is 0 Å². The molecule has 0 spiro atoms. The largest absolute Gasteiger partial charge is 0.507 e. The summed E-state index contributed by atoms with van der Waals surface area (Å²) in [5.41, 5.74) is 2.21. The van der Waals surface area contributed by atoms with E-state index in [1.807, 2.05) is 31.2 Å². The lowest BCUT2D eigenvalue weighted by Crippen LogP contribution is -1.80. The van der Waals surface area contributed by atoms with Crippen LogP contribution in [0.2, 0.25) is 0 Å². The molecular formula is C18H20O. The van der Waals surface area contributed by atoms with Gasteiger partial charge in [0.15, 0.2) is 0 Å². The second-order valence-corrected chi connectivity index (χ2v) is 4.71. The Kier molecular flexibility index (Phi) is 4.40. The quantitative estimate of drug-likeness (QED) is 0.773. The number of hydrogen-bond donors (Lipinski definition) is 1. The van der Waals surface area contributed by atoms with Crippen molar-refractivity contribution in [3.8, 4) is 5.75 Å². The van der Waals surface area contributed by atoms with Crippen molar-refractivity contribution in [2.45, 2.75) is 26.7 Å². The van der Waals surface area contributed by atoms with Gasteiger partial charge < -0.3 is 5.11 Å². The molecule has 0 aliphatic rings. The van der Waals surface area contributed by atoms with E-state index in [9.17, 15) is 5.11 Å². The van der Waals surface area contributed by atoms with E-state index in [1.165, 1.54) is 5.56 Å². The topological polar surface area (TPSA) is 20.2 Å². The van der Waals surface area contributed by atoms with E-state index >= 15 is 0 Å². The summed E-state index contributed by atoms with van der Waals surface area (Å²) >= 11 is 0. The van der Waals surface area contributed by atoms with E-state index in [0.717, 1.165) is 29.2 Å². The molecule has 2 aromatic carbocycles. The van der Waals surface area contributed by atoms with Crippen LogP contribution in [0.15, 0.2) is 42.5 Å². The average molecular weight is 252 g/mol. The van der Waals surface area contributed by atoms with Crippen LogP contribution in [-0.4, -0.2) is 5.11 Å². The normalized spacial score (nSPS) is 11.9. The summed E-state index contributed by atoms with van der Waals surface area (Å²) in [7, 11) is 0. The molecule has 0 saturated carbocycles. The predicted octanol–water partition coefficient (Wildman–Crippen LogP) is 5.39. The summed E-state index contributed by atoms with van der Waals surface area (Å²) in [6, 6.07) is 10.1. The first kappa shape index (κ1) is 13.4. The van der Waals surface area contributed by atoms with Gasteiger partial charge in [-0.2, -0.15) is 0 Å². The van der Waals surface area contributed by atoms with Crippen molar-refractivity contribution >= 4 is 22.9 Å². The van der Waals surface area contributed by atoms with Crippen LogP contribution in [-0.2, 0) is 0 Å². The first-order chi connectivity index (χ1) is 9.24. The Labute approximate surface area is 114 Å². The summed E-state index contributed by atoms with van der Waals surface area (Å²) in [6.45, 7) is 4.15. The van der Waals surface area contributed by atoms with E-state index in [1.54, 1.807) is 6.07 Å². The zero-order valence-electron chi connectivity index (χ0n) is 11.6. The molecule has 0 heterocycles. The second kappa shape index (κ2) is 6.24. The molecule has 0 aliphatic heterocycles.